The minimum Gasteiger partial charge on any atom is -0.293 e. The van der Waals surface area contributed by atoms with E-state index in [9.17, 15) is 0 Å². The highest BCUT2D eigenvalue weighted by molar-refractivity contribution is 9.10. The largest absolute Gasteiger partial charge is 0.293 e. The van der Waals surface area contributed by atoms with Crippen LogP contribution in [0.4, 0.5) is 0 Å². The summed E-state index contributed by atoms with van der Waals surface area (Å²) in [6.45, 7) is 4.27. The first-order valence-electron chi connectivity index (χ1n) is 7.28. The van der Waals surface area contributed by atoms with Crippen LogP contribution in [0.2, 0.25) is 0 Å². The summed E-state index contributed by atoms with van der Waals surface area (Å²) in [6, 6.07) is 17.0. The lowest BCUT2D eigenvalue weighted by molar-refractivity contribution is 1.05. The maximum Gasteiger partial charge on any atom is 0.140 e. The number of para-hydroxylation sites is 1. The van der Waals surface area contributed by atoms with Crippen LogP contribution in [0, 0.1) is 13.8 Å². The van der Waals surface area contributed by atoms with Gasteiger partial charge in [0, 0.05) is 21.4 Å². The minimum absolute atomic E-state index is 0.995. The Balaban J connectivity index is 2.28. The fraction of sp³-hybridized carbons (Fsp3) is 0.105. The van der Waals surface area contributed by atoms with Gasteiger partial charge in [-0.15, -0.1) is 0 Å². The van der Waals surface area contributed by atoms with E-state index in [1.54, 1.807) is 0 Å². The van der Waals surface area contributed by atoms with E-state index in [0.29, 0.717) is 0 Å². The molecular weight excluding hydrogens is 336 g/mol. The normalized spacial score (nSPS) is 11.4. The van der Waals surface area contributed by atoms with Gasteiger partial charge in [0.25, 0.3) is 0 Å². The summed E-state index contributed by atoms with van der Waals surface area (Å²) in [5, 5.41) is 2.53. The number of pyridine rings is 1. The number of halogens is 1. The lowest BCUT2D eigenvalue weighted by atomic mass is 10.1. The van der Waals surface area contributed by atoms with E-state index in [0.717, 1.165) is 10.3 Å². The van der Waals surface area contributed by atoms with Crippen molar-refractivity contribution >= 4 is 37.7 Å². The van der Waals surface area contributed by atoms with Crippen LogP contribution >= 0.6 is 15.9 Å². The fourth-order valence-corrected chi connectivity index (χ4v) is 3.49. The van der Waals surface area contributed by atoms with Crippen molar-refractivity contribution < 1.29 is 0 Å². The molecular formula is C19H15BrN2. The van der Waals surface area contributed by atoms with Crippen LogP contribution in [0.1, 0.15) is 11.1 Å². The highest BCUT2D eigenvalue weighted by Crippen LogP contribution is 2.35. The molecule has 2 nitrogen and oxygen atoms in total. The summed E-state index contributed by atoms with van der Waals surface area (Å²) in [5.74, 6) is 0.995. The van der Waals surface area contributed by atoms with Gasteiger partial charge in [0.2, 0.25) is 0 Å². The van der Waals surface area contributed by atoms with Crippen molar-refractivity contribution in [3.05, 3.63) is 70.3 Å². The minimum atomic E-state index is 0.995. The van der Waals surface area contributed by atoms with Crippen molar-refractivity contribution in [2.24, 2.45) is 0 Å². The maximum absolute atomic E-state index is 4.64. The van der Waals surface area contributed by atoms with Crippen molar-refractivity contribution in [3.8, 4) is 5.82 Å². The van der Waals surface area contributed by atoms with Crippen molar-refractivity contribution in [2.75, 3.05) is 0 Å². The third-order valence-electron chi connectivity index (χ3n) is 4.15. The summed E-state index contributed by atoms with van der Waals surface area (Å²) < 4.78 is 3.36. The molecule has 2 heterocycles. The van der Waals surface area contributed by atoms with E-state index in [-0.39, 0.29) is 0 Å². The van der Waals surface area contributed by atoms with E-state index in [2.05, 4.69) is 81.8 Å². The average Bonchev–Trinajstić information content (AvgIpc) is 2.83. The van der Waals surface area contributed by atoms with Gasteiger partial charge in [-0.25, -0.2) is 4.98 Å². The predicted octanol–water partition coefficient (Wildman–Crippen LogP) is 5.56. The zero-order valence-electron chi connectivity index (χ0n) is 12.5. The Hall–Kier alpha value is -2.13. The van der Waals surface area contributed by atoms with Crippen LogP contribution in [0.15, 0.2) is 59.2 Å². The molecule has 0 N–H and O–H groups in total. The number of benzene rings is 2. The van der Waals surface area contributed by atoms with Crippen LogP contribution in [-0.4, -0.2) is 9.55 Å². The van der Waals surface area contributed by atoms with Gasteiger partial charge in [-0.05, 0) is 43.2 Å². The molecule has 22 heavy (non-hydrogen) atoms. The van der Waals surface area contributed by atoms with E-state index >= 15 is 0 Å². The van der Waals surface area contributed by atoms with Crippen molar-refractivity contribution in [2.45, 2.75) is 13.8 Å². The Bertz CT molecular complexity index is 1010. The summed E-state index contributed by atoms with van der Waals surface area (Å²) in [4.78, 5) is 4.64. The quantitative estimate of drug-likeness (QED) is 0.439. The molecule has 0 saturated heterocycles. The van der Waals surface area contributed by atoms with Crippen molar-refractivity contribution in [1.29, 1.82) is 0 Å². The Kier molecular flexibility index (Phi) is 3.05. The zero-order chi connectivity index (χ0) is 15.3. The van der Waals surface area contributed by atoms with Gasteiger partial charge in [-0.3, -0.25) is 4.57 Å². The molecule has 0 aliphatic heterocycles. The van der Waals surface area contributed by atoms with Gasteiger partial charge < -0.3 is 0 Å². The smallest absolute Gasteiger partial charge is 0.140 e. The topological polar surface area (TPSA) is 17.8 Å². The Morgan fingerprint density at radius 1 is 0.909 bits per heavy atom. The molecule has 0 amide bonds. The molecule has 0 unspecified atom stereocenters. The monoisotopic (exact) mass is 350 g/mol. The number of hydrogen-bond acceptors (Lipinski definition) is 1. The van der Waals surface area contributed by atoms with Crippen LogP contribution in [-0.2, 0) is 0 Å². The Morgan fingerprint density at radius 3 is 2.55 bits per heavy atom. The maximum atomic E-state index is 4.64. The number of fused-ring (bicyclic) bond motifs is 3. The number of rotatable bonds is 1. The molecule has 0 radical (unpaired) electrons. The summed E-state index contributed by atoms with van der Waals surface area (Å²) in [7, 11) is 0. The highest BCUT2D eigenvalue weighted by atomic mass is 79.9. The van der Waals surface area contributed by atoms with Gasteiger partial charge in [0.15, 0.2) is 0 Å². The van der Waals surface area contributed by atoms with Crippen LogP contribution in [0.5, 0.6) is 0 Å². The molecule has 108 valence electrons. The summed E-state index contributed by atoms with van der Waals surface area (Å²) in [5.41, 5.74) is 4.84. The van der Waals surface area contributed by atoms with E-state index < -0.39 is 0 Å². The third kappa shape index (κ3) is 1.89. The molecule has 2 aromatic carbocycles. The Morgan fingerprint density at radius 2 is 1.73 bits per heavy atom. The lowest BCUT2D eigenvalue weighted by Gasteiger charge is -2.10. The summed E-state index contributed by atoms with van der Waals surface area (Å²) >= 11 is 3.60. The first kappa shape index (κ1) is 13.5. The molecule has 2 aromatic heterocycles. The van der Waals surface area contributed by atoms with Gasteiger partial charge in [0.1, 0.15) is 5.82 Å². The molecule has 0 bridgehead atoms. The van der Waals surface area contributed by atoms with Crippen molar-refractivity contribution in [1.82, 2.24) is 9.55 Å². The van der Waals surface area contributed by atoms with Gasteiger partial charge in [-0.1, -0.05) is 46.3 Å². The number of aromatic nitrogens is 2. The van der Waals surface area contributed by atoms with E-state index in [4.69, 9.17) is 0 Å². The molecule has 0 fully saturated rings. The fourth-order valence-electron chi connectivity index (χ4n) is 3.14. The summed E-state index contributed by atoms with van der Waals surface area (Å²) in [6.07, 6.45) is 1.86. The average molecular weight is 351 g/mol. The van der Waals surface area contributed by atoms with E-state index in [1.165, 1.54) is 32.9 Å². The SMILES string of the molecule is Cc1cccnc1-n1c2cc(Br)ccc2c2cccc(C)c21. The third-order valence-corrected chi connectivity index (χ3v) is 4.64. The number of nitrogens with zero attached hydrogens (tertiary/aromatic N) is 2. The molecule has 4 rings (SSSR count). The molecule has 3 heteroatoms. The first-order valence-corrected chi connectivity index (χ1v) is 8.07. The Labute approximate surface area is 137 Å². The second-order valence-electron chi connectivity index (χ2n) is 5.61. The molecule has 0 aliphatic carbocycles. The van der Waals surface area contributed by atoms with E-state index in [1.807, 2.05) is 12.3 Å². The predicted molar refractivity (Wildman–Crippen MR) is 95.8 cm³/mol. The molecule has 4 aromatic rings. The molecule has 0 saturated carbocycles. The number of hydrogen-bond donors (Lipinski definition) is 0. The first-order chi connectivity index (χ1) is 10.7. The molecule has 0 aliphatic rings. The van der Waals surface area contributed by atoms with Gasteiger partial charge in [-0.2, -0.15) is 0 Å². The molecule has 0 atom stereocenters. The second-order valence-corrected chi connectivity index (χ2v) is 6.53. The second kappa shape index (κ2) is 4.96. The zero-order valence-corrected chi connectivity index (χ0v) is 14.1. The molecule has 0 spiro atoms. The van der Waals surface area contributed by atoms with Crippen LogP contribution in [0.3, 0.4) is 0 Å². The lowest BCUT2D eigenvalue weighted by Crippen LogP contribution is -2.00. The van der Waals surface area contributed by atoms with Crippen LogP contribution in [0.25, 0.3) is 27.6 Å². The van der Waals surface area contributed by atoms with Gasteiger partial charge >= 0.3 is 0 Å². The van der Waals surface area contributed by atoms with Crippen molar-refractivity contribution in [3.63, 3.8) is 0 Å². The number of aryl methyl sites for hydroxylation is 2. The van der Waals surface area contributed by atoms with Gasteiger partial charge in [0.05, 0.1) is 11.0 Å². The van der Waals surface area contributed by atoms with Crippen LogP contribution < -0.4 is 0 Å². The standard InChI is InChI=1S/C19H15BrN2/c1-12-5-3-7-16-15-9-8-14(20)11-17(15)22(18(12)16)19-13(2)6-4-10-21-19/h3-11H,1-2H3. The highest BCUT2D eigenvalue weighted by Gasteiger charge is 2.15.